The number of carboxylic acid groups (broad SMARTS) is 1. The molecule has 7 heteroatoms. The molecule has 2 aromatic rings. The summed E-state index contributed by atoms with van der Waals surface area (Å²) in [4.78, 5) is 24.0. The van der Waals surface area contributed by atoms with Crippen molar-refractivity contribution in [1.29, 1.82) is 0 Å². The normalized spacial score (nSPS) is 10.2. The molecule has 0 fully saturated rings. The molecule has 0 radical (unpaired) electrons. The number of hydrogen-bond acceptors (Lipinski definition) is 4. The first-order valence-electron chi connectivity index (χ1n) is 6.09. The quantitative estimate of drug-likeness (QED) is 0.653. The van der Waals surface area contributed by atoms with Crippen molar-refractivity contribution < 1.29 is 19.8 Å². The minimum Gasteiger partial charge on any atom is -0.508 e. The Kier molecular flexibility index (Phi) is 4.13. The largest absolute Gasteiger partial charge is 0.508 e. The summed E-state index contributed by atoms with van der Waals surface area (Å²) in [5.74, 6) is -0.976. The average molecular weight is 306 g/mol. The highest BCUT2D eigenvalue weighted by Crippen LogP contribution is 2.32. The maximum absolute atomic E-state index is 11.9. The van der Waals surface area contributed by atoms with Crippen LogP contribution >= 0.6 is 11.3 Å². The van der Waals surface area contributed by atoms with E-state index in [2.05, 4.69) is 10.6 Å². The fourth-order valence-corrected chi connectivity index (χ4v) is 2.83. The van der Waals surface area contributed by atoms with E-state index >= 15 is 0 Å². The van der Waals surface area contributed by atoms with Gasteiger partial charge in [0.2, 0.25) is 0 Å². The molecular formula is C14H14N2O4S. The van der Waals surface area contributed by atoms with Gasteiger partial charge in [-0.2, -0.15) is 0 Å². The topological polar surface area (TPSA) is 98.7 Å². The number of carbonyl (C=O) groups is 2. The summed E-state index contributed by atoms with van der Waals surface area (Å²) in [5.41, 5.74) is 1.25. The third-order valence-electron chi connectivity index (χ3n) is 2.95. The first-order chi connectivity index (χ1) is 9.88. The Labute approximate surface area is 125 Å². The number of anilines is 2. The third kappa shape index (κ3) is 3.32. The Morgan fingerprint density at radius 3 is 2.29 bits per heavy atom. The summed E-state index contributed by atoms with van der Waals surface area (Å²) in [6.45, 7) is 3.51. The molecule has 1 heterocycles. The number of rotatable bonds is 3. The number of carbonyl (C=O) groups excluding carboxylic acids is 1. The molecule has 0 unspecified atom stereocenters. The molecule has 0 aliphatic rings. The van der Waals surface area contributed by atoms with Gasteiger partial charge in [0.15, 0.2) is 0 Å². The van der Waals surface area contributed by atoms with E-state index in [-0.39, 0.29) is 11.3 Å². The monoisotopic (exact) mass is 306 g/mol. The molecule has 110 valence electrons. The summed E-state index contributed by atoms with van der Waals surface area (Å²) >= 11 is 1.22. The number of hydrogen-bond donors (Lipinski definition) is 4. The van der Waals surface area contributed by atoms with Crippen LogP contribution < -0.4 is 10.6 Å². The number of aromatic carboxylic acids is 1. The van der Waals surface area contributed by atoms with E-state index in [0.29, 0.717) is 16.3 Å². The minimum absolute atomic E-state index is 0.0960. The van der Waals surface area contributed by atoms with Gasteiger partial charge in [-0.15, -0.1) is 11.3 Å². The van der Waals surface area contributed by atoms with E-state index in [1.54, 1.807) is 13.8 Å². The van der Waals surface area contributed by atoms with Gasteiger partial charge in [0.05, 0.1) is 5.56 Å². The minimum atomic E-state index is -1.07. The Morgan fingerprint density at radius 1 is 1.10 bits per heavy atom. The molecule has 1 aromatic carbocycles. The predicted molar refractivity (Wildman–Crippen MR) is 81.5 cm³/mol. The van der Waals surface area contributed by atoms with Gasteiger partial charge in [-0.3, -0.25) is 5.32 Å². The van der Waals surface area contributed by atoms with Crippen molar-refractivity contribution in [3.8, 4) is 5.75 Å². The number of phenolic OH excluding ortho intramolecular Hbond substituents is 1. The SMILES string of the molecule is Cc1sc(NC(=O)Nc2ccc(O)cc2)c(C(=O)O)c1C. The lowest BCUT2D eigenvalue weighted by atomic mass is 10.1. The van der Waals surface area contributed by atoms with Crippen LogP contribution in [0.3, 0.4) is 0 Å². The Balaban J connectivity index is 2.15. The van der Waals surface area contributed by atoms with Crippen molar-refractivity contribution in [1.82, 2.24) is 0 Å². The lowest BCUT2D eigenvalue weighted by molar-refractivity contribution is 0.0697. The van der Waals surface area contributed by atoms with E-state index in [4.69, 9.17) is 5.11 Å². The van der Waals surface area contributed by atoms with Gasteiger partial charge in [0.25, 0.3) is 0 Å². The molecule has 0 aliphatic carbocycles. The molecule has 0 aliphatic heterocycles. The van der Waals surface area contributed by atoms with Crippen LogP contribution in [0.25, 0.3) is 0 Å². The Bertz CT molecular complexity index is 692. The predicted octanol–water partition coefficient (Wildman–Crippen LogP) is 3.41. The second-order valence-electron chi connectivity index (χ2n) is 4.42. The zero-order valence-electron chi connectivity index (χ0n) is 11.4. The number of benzene rings is 1. The van der Waals surface area contributed by atoms with Crippen LogP contribution in [-0.4, -0.2) is 22.2 Å². The summed E-state index contributed by atoms with van der Waals surface area (Å²) in [7, 11) is 0. The van der Waals surface area contributed by atoms with Crippen LogP contribution in [0.1, 0.15) is 20.8 Å². The molecule has 4 N–H and O–H groups in total. The molecule has 0 spiro atoms. The second-order valence-corrected chi connectivity index (χ2v) is 5.64. The summed E-state index contributed by atoms with van der Waals surface area (Å²) in [6.07, 6.45) is 0. The fourth-order valence-electron chi connectivity index (χ4n) is 1.78. The molecule has 0 atom stereocenters. The highest BCUT2D eigenvalue weighted by molar-refractivity contribution is 7.16. The molecule has 6 nitrogen and oxygen atoms in total. The van der Waals surface area contributed by atoms with E-state index < -0.39 is 12.0 Å². The van der Waals surface area contributed by atoms with Crippen molar-refractivity contribution in [3.63, 3.8) is 0 Å². The van der Waals surface area contributed by atoms with Crippen molar-refractivity contribution >= 4 is 34.0 Å². The second kappa shape index (κ2) is 5.84. The van der Waals surface area contributed by atoms with Crippen LogP contribution in [0, 0.1) is 13.8 Å². The molecule has 21 heavy (non-hydrogen) atoms. The van der Waals surface area contributed by atoms with E-state index in [0.717, 1.165) is 4.88 Å². The lowest BCUT2D eigenvalue weighted by Crippen LogP contribution is -2.20. The van der Waals surface area contributed by atoms with E-state index in [1.807, 2.05) is 0 Å². The van der Waals surface area contributed by atoms with Gasteiger partial charge >= 0.3 is 12.0 Å². The summed E-state index contributed by atoms with van der Waals surface area (Å²) in [6, 6.07) is 5.43. The molecular weight excluding hydrogens is 292 g/mol. The summed E-state index contributed by atoms with van der Waals surface area (Å²) in [5, 5.41) is 23.8. The van der Waals surface area contributed by atoms with Crippen LogP contribution in [0.2, 0.25) is 0 Å². The Morgan fingerprint density at radius 2 is 1.71 bits per heavy atom. The lowest BCUT2D eigenvalue weighted by Gasteiger charge is -2.07. The van der Waals surface area contributed by atoms with Gasteiger partial charge in [-0.25, -0.2) is 9.59 Å². The highest BCUT2D eigenvalue weighted by atomic mass is 32.1. The first kappa shape index (κ1) is 14.9. The molecule has 1 aromatic heterocycles. The zero-order valence-corrected chi connectivity index (χ0v) is 12.2. The molecule has 2 rings (SSSR count). The average Bonchev–Trinajstić information content (AvgIpc) is 2.67. The van der Waals surface area contributed by atoms with Crippen LogP contribution in [0.15, 0.2) is 24.3 Å². The van der Waals surface area contributed by atoms with E-state index in [1.165, 1.54) is 35.6 Å². The van der Waals surface area contributed by atoms with Crippen LogP contribution in [0.5, 0.6) is 5.75 Å². The summed E-state index contributed by atoms with van der Waals surface area (Å²) < 4.78 is 0. The third-order valence-corrected chi connectivity index (χ3v) is 4.07. The van der Waals surface area contributed by atoms with Crippen LogP contribution in [0.4, 0.5) is 15.5 Å². The van der Waals surface area contributed by atoms with Crippen LogP contribution in [-0.2, 0) is 0 Å². The van der Waals surface area contributed by atoms with Gasteiger partial charge in [0, 0.05) is 10.6 Å². The number of thiophene rings is 1. The number of carboxylic acids is 1. The fraction of sp³-hybridized carbons (Fsp3) is 0.143. The molecule has 2 amide bonds. The molecule has 0 saturated carbocycles. The van der Waals surface area contributed by atoms with Crippen molar-refractivity contribution in [2.75, 3.05) is 10.6 Å². The Hall–Kier alpha value is -2.54. The van der Waals surface area contributed by atoms with E-state index in [9.17, 15) is 14.7 Å². The van der Waals surface area contributed by atoms with Crippen molar-refractivity contribution in [2.45, 2.75) is 13.8 Å². The van der Waals surface area contributed by atoms with Gasteiger partial charge < -0.3 is 15.5 Å². The molecule has 0 bridgehead atoms. The van der Waals surface area contributed by atoms with Gasteiger partial charge in [-0.1, -0.05) is 0 Å². The number of amides is 2. The van der Waals surface area contributed by atoms with Crippen molar-refractivity contribution in [3.05, 3.63) is 40.3 Å². The van der Waals surface area contributed by atoms with Gasteiger partial charge in [-0.05, 0) is 43.7 Å². The number of aromatic hydroxyl groups is 1. The maximum atomic E-state index is 11.9. The first-order valence-corrected chi connectivity index (χ1v) is 6.90. The maximum Gasteiger partial charge on any atom is 0.338 e. The standard InChI is InChI=1S/C14H14N2O4S/c1-7-8(2)21-12(11(7)13(18)19)16-14(20)15-9-3-5-10(17)6-4-9/h3-6,17H,1-2H3,(H,18,19)(H2,15,16,20). The van der Waals surface area contributed by atoms with Gasteiger partial charge in [0.1, 0.15) is 10.8 Å². The zero-order chi connectivity index (χ0) is 15.6. The number of phenols is 1. The number of urea groups is 1. The molecule has 0 saturated heterocycles. The smallest absolute Gasteiger partial charge is 0.338 e. The number of aryl methyl sites for hydroxylation is 1. The number of nitrogens with one attached hydrogen (secondary N) is 2. The highest BCUT2D eigenvalue weighted by Gasteiger charge is 2.20. The van der Waals surface area contributed by atoms with Crippen molar-refractivity contribution in [2.24, 2.45) is 0 Å².